The van der Waals surface area contributed by atoms with Crippen LogP contribution in [0.15, 0.2) is 141 Å². The number of hydrogen-bond donors (Lipinski definition) is 0. The van der Waals surface area contributed by atoms with Gasteiger partial charge >= 0.3 is 111 Å². The largest absolute Gasteiger partial charge is 1.00 e. The van der Waals surface area contributed by atoms with Crippen LogP contribution in [0.2, 0.25) is 0 Å². The molecule has 0 aromatic heterocycles. The third-order valence-corrected chi connectivity index (χ3v) is 8.72. The second-order valence-corrected chi connectivity index (χ2v) is 11.1. The smallest absolute Gasteiger partial charge is 0.00990 e. The molecule has 0 N–H and O–H groups in total. The summed E-state index contributed by atoms with van der Waals surface area (Å²) in [7, 11) is 0. The molecular weight excluding hydrogens is 619 g/mol. The first kappa shape index (κ1) is 32.6. The van der Waals surface area contributed by atoms with Crippen LogP contribution >= 0.6 is 0 Å². The molecule has 3 heteroatoms. The van der Waals surface area contributed by atoms with E-state index in [9.17, 15) is 0 Å². The van der Waals surface area contributed by atoms with E-state index in [1.165, 1.54) is 84.5 Å². The third kappa shape index (κ3) is 6.76. The maximum absolute atomic E-state index is 3.99. The van der Waals surface area contributed by atoms with Crippen molar-refractivity contribution in [3.05, 3.63) is 168 Å². The van der Waals surface area contributed by atoms with Gasteiger partial charge in [-0.05, 0) is 34.2 Å². The number of benzene rings is 5. The predicted octanol–water partition coefficient (Wildman–Crippen LogP) is 3.70. The Kier molecular flexibility index (Phi) is 12.2. The Morgan fingerprint density at radius 2 is 1.05 bits per heavy atom. The first-order valence-corrected chi connectivity index (χ1v) is 14.8. The summed E-state index contributed by atoms with van der Waals surface area (Å²) >= 11 is 1.48. The Hall–Kier alpha value is -2.96. The van der Waals surface area contributed by atoms with Gasteiger partial charge in [0, 0.05) is 5.92 Å². The Bertz CT molecular complexity index is 1560. The molecule has 0 amide bonds. The van der Waals surface area contributed by atoms with E-state index < -0.39 is 0 Å². The Labute approximate surface area is 272 Å². The van der Waals surface area contributed by atoms with Crippen molar-refractivity contribution in [3.63, 3.8) is 0 Å². The summed E-state index contributed by atoms with van der Waals surface area (Å²) in [6.45, 7) is 9.89. The number of allylic oxidation sites excluding steroid dienone is 1. The standard InChI is InChI=1S/C15H14.C15H11.C8H8.2ClH.Zr/c2*1-2-11-12-7-3-5-9-14(12)15-10-6-4-8-13(11)15;1-2-8-6-4-3-5-7-8;;;/h3-11H,2H2,1H3;2-7,9-11H,1H2;2-7H,1H2;2*1H;/q;;;;;+2/p-2. The van der Waals surface area contributed by atoms with Crippen molar-refractivity contribution in [2.24, 2.45) is 0 Å². The average molecular weight is 652 g/mol. The molecule has 0 radical (unpaired) electrons. The van der Waals surface area contributed by atoms with E-state index >= 15 is 0 Å². The van der Waals surface area contributed by atoms with E-state index in [1.807, 2.05) is 36.4 Å². The molecule has 1 atom stereocenters. The fourth-order valence-corrected chi connectivity index (χ4v) is 6.79. The quantitative estimate of drug-likeness (QED) is 0.261. The van der Waals surface area contributed by atoms with Crippen molar-refractivity contribution < 1.29 is 49.5 Å². The van der Waals surface area contributed by atoms with Gasteiger partial charge in [-0.25, -0.2) is 0 Å². The molecule has 7 rings (SSSR count). The van der Waals surface area contributed by atoms with E-state index in [0.29, 0.717) is 11.8 Å². The molecule has 0 spiro atoms. The van der Waals surface area contributed by atoms with Gasteiger partial charge in [0.25, 0.3) is 0 Å². The van der Waals surface area contributed by atoms with Gasteiger partial charge in [0.1, 0.15) is 0 Å². The zero-order valence-electron chi connectivity index (χ0n) is 23.2. The molecule has 0 fully saturated rings. The molecule has 0 aliphatic heterocycles. The van der Waals surface area contributed by atoms with Crippen LogP contribution in [-0.2, 0) is 24.7 Å². The van der Waals surface area contributed by atoms with Crippen molar-refractivity contribution in [1.29, 1.82) is 0 Å². The van der Waals surface area contributed by atoms with Crippen molar-refractivity contribution >= 4 is 9.35 Å². The van der Waals surface area contributed by atoms with Crippen molar-refractivity contribution in [2.45, 2.75) is 25.2 Å². The van der Waals surface area contributed by atoms with Gasteiger partial charge in [-0.1, -0.05) is 98.4 Å². The Morgan fingerprint density at radius 1 is 0.585 bits per heavy atom. The minimum Gasteiger partial charge on any atom is -1.00 e. The molecular formula is C38H33Cl2Zr. The van der Waals surface area contributed by atoms with E-state index in [2.05, 4.69) is 117 Å². The zero-order chi connectivity index (χ0) is 27.2. The van der Waals surface area contributed by atoms with E-state index in [-0.39, 0.29) is 24.8 Å². The van der Waals surface area contributed by atoms with Gasteiger partial charge in [-0.15, -0.1) is 0 Å². The summed E-state index contributed by atoms with van der Waals surface area (Å²) in [4.78, 5) is 0. The SMILES string of the molecule is C=CC1c2ccccc2-c2ccc[c]([Zr+2])c21.C=Cc1ccccc1.CCC1c2ccccc2-c2ccccc21.[Cl-].[Cl-]. The maximum atomic E-state index is 3.99. The summed E-state index contributed by atoms with van der Waals surface area (Å²) in [6, 6.07) is 42.9. The van der Waals surface area contributed by atoms with Crippen LogP contribution in [0, 0.1) is 0 Å². The Balaban J connectivity index is 0.000000174. The van der Waals surface area contributed by atoms with Crippen molar-refractivity contribution in [3.8, 4) is 22.3 Å². The molecule has 2 aliphatic rings. The summed E-state index contributed by atoms with van der Waals surface area (Å²) in [5.74, 6) is 0.999. The van der Waals surface area contributed by atoms with Crippen molar-refractivity contribution in [2.75, 3.05) is 0 Å². The number of halogens is 2. The van der Waals surface area contributed by atoms with Crippen LogP contribution in [-0.4, -0.2) is 0 Å². The van der Waals surface area contributed by atoms with Crippen LogP contribution in [0.3, 0.4) is 0 Å². The monoisotopic (exact) mass is 649 g/mol. The minimum atomic E-state index is 0. The fraction of sp³-hybridized carbons (Fsp3) is 0.105. The third-order valence-electron chi connectivity index (χ3n) is 7.64. The molecule has 41 heavy (non-hydrogen) atoms. The second kappa shape index (κ2) is 15.3. The van der Waals surface area contributed by atoms with E-state index in [0.717, 1.165) is 0 Å². The van der Waals surface area contributed by atoms with Crippen LogP contribution in [0.5, 0.6) is 0 Å². The molecule has 0 nitrogen and oxygen atoms in total. The molecule has 0 saturated heterocycles. The fourth-order valence-electron chi connectivity index (χ4n) is 5.84. The van der Waals surface area contributed by atoms with Crippen LogP contribution in [0.1, 0.15) is 53.0 Å². The number of fused-ring (bicyclic) bond motifs is 6. The number of rotatable bonds is 3. The molecule has 203 valence electrons. The first-order chi connectivity index (χ1) is 19.2. The van der Waals surface area contributed by atoms with Crippen LogP contribution in [0.25, 0.3) is 28.3 Å². The maximum Gasteiger partial charge on any atom is 0.00990 e. The van der Waals surface area contributed by atoms with E-state index in [1.54, 1.807) is 0 Å². The molecule has 5 aromatic rings. The van der Waals surface area contributed by atoms with Crippen LogP contribution in [0.4, 0.5) is 0 Å². The molecule has 2 aliphatic carbocycles. The van der Waals surface area contributed by atoms with Gasteiger partial charge < -0.3 is 24.8 Å². The Morgan fingerprint density at radius 3 is 1.54 bits per heavy atom. The van der Waals surface area contributed by atoms with Gasteiger partial charge in [-0.2, -0.15) is 0 Å². The summed E-state index contributed by atoms with van der Waals surface area (Å²) < 4.78 is 1.45. The summed E-state index contributed by atoms with van der Waals surface area (Å²) in [5, 5.41) is 0. The van der Waals surface area contributed by atoms with E-state index in [4.69, 9.17) is 0 Å². The zero-order valence-corrected chi connectivity index (χ0v) is 27.2. The van der Waals surface area contributed by atoms with Crippen molar-refractivity contribution in [1.82, 2.24) is 0 Å². The normalized spacial score (nSPS) is 13.2. The van der Waals surface area contributed by atoms with Crippen LogP contribution < -0.4 is 28.1 Å². The first-order valence-electron chi connectivity index (χ1n) is 13.6. The van der Waals surface area contributed by atoms with Gasteiger partial charge in [0.05, 0.1) is 0 Å². The van der Waals surface area contributed by atoms with Gasteiger partial charge in [-0.3, -0.25) is 0 Å². The number of hydrogen-bond acceptors (Lipinski definition) is 0. The minimum absolute atomic E-state index is 0. The average Bonchev–Trinajstić information content (AvgIpc) is 3.51. The molecule has 0 heterocycles. The topological polar surface area (TPSA) is 0 Å². The predicted molar refractivity (Wildman–Crippen MR) is 164 cm³/mol. The van der Waals surface area contributed by atoms with Gasteiger partial charge in [0.2, 0.25) is 0 Å². The molecule has 1 unspecified atom stereocenters. The summed E-state index contributed by atoms with van der Waals surface area (Å²) in [6.07, 6.45) is 5.09. The summed E-state index contributed by atoms with van der Waals surface area (Å²) in [5.41, 5.74) is 12.7. The molecule has 0 bridgehead atoms. The molecule has 0 saturated carbocycles. The second-order valence-electron chi connectivity index (χ2n) is 9.82. The molecule has 5 aromatic carbocycles. The van der Waals surface area contributed by atoms with Gasteiger partial charge in [0.15, 0.2) is 0 Å².